The molecule has 0 aromatic heterocycles. The largest absolute Gasteiger partial charge is 0.474 e. The molecule has 8 nitrogen and oxygen atoms in total. The second-order valence-electron chi connectivity index (χ2n) is 10.1. The molecule has 0 unspecified atom stereocenters. The third-order valence-electron chi connectivity index (χ3n) is 5.98. The molecule has 10 heteroatoms. The fourth-order valence-corrected chi connectivity index (χ4v) is 5.86. The summed E-state index contributed by atoms with van der Waals surface area (Å²) >= 11 is 0. The lowest BCUT2D eigenvalue weighted by Crippen LogP contribution is -2.04. The minimum absolute atomic E-state index is 0.437. The zero-order chi connectivity index (χ0) is 30.2. The molecule has 0 spiro atoms. The Hall–Kier alpha value is 0.220. The lowest BCUT2D eigenvalue weighted by atomic mass is 10.2. The van der Waals surface area contributed by atoms with E-state index in [1.54, 1.807) is 0 Å². The number of rotatable bonds is 30. The Kier molecular flexibility index (Phi) is 34.0. The predicted octanol–water partition coefficient (Wildman–Crippen LogP) is 11.4. The quantitative estimate of drug-likeness (QED) is 0.0581. The number of hydrogen-bond acceptors (Lipinski definition) is 8. The Bertz CT molecular complexity index is 516. The molecule has 0 fully saturated rings. The molecule has 0 aliphatic heterocycles. The first kappa shape index (κ1) is 42.4. The van der Waals surface area contributed by atoms with Gasteiger partial charge < -0.3 is 0 Å². The van der Waals surface area contributed by atoms with Crippen molar-refractivity contribution in [2.75, 3.05) is 39.6 Å². The van der Waals surface area contributed by atoms with Gasteiger partial charge in [-0.25, -0.2) is 9.13 Å². The fraction of sp³-hybridized carbons (Fsp3) is 1.00. The summed E-state index contributed by atoms with van der Waals surface area (Å²) in [5.74, 6) is 0. The van der Waals surface area contributed by atoms with Gasteiger partial charge in [0.05, 0.1) is 39.6 Å². The van der Waals surface area contributed by atoms with Crippen molar-refractivity contribution >= 4 is 15.6 Å². The van der Waals surface area contributed by atoms with Gasteiger partial charge in [0.2, 0.25) is 0 Å². The predicted molar refractivity (Wildman–Crippen MR) is 168 cm³/mol. The molecule has 0 aliphatic rings. The highest BCUT2D eigenvalue weighted by Crippen LogP contribution is 2.50. The van der Waals surface area contributed by atoms with Crippen molar-refractivity contribution < 1.29 is 36.3 Å². The summed E-state index contributed by atoms with van der Waals surface area (Å²) in [6.45, 7) is 15.4. The van der Waals surface area contributed by atoms with Crippen LogP contribution in [0.25, 0.3) is 0 Å². The van der Waals surface area contributed by atoms with Gasteiger partial charge in [-0.1, -0.05) is 119 Å². The van der Waals surface area contributed by atoms with Crippen LogP contribution in [0.15, 0.2) is 0 Å². The molecule has 0 saturated heterocycles. The van der Waals surface area contributed by atoms with Gasteiger partial charge in [0.1, 0.15) is 0 Å². The van der Waals surface area contributed by atoms with E-state index >= 15 is 0 Å². The smallest absolute Gasteiger partial charge is 0.287 e. The van der Waals surface area contributed by atoms with Crippen LogP contribution in [0, 0.1) is 0 Å². The summed E-state index contributed by atoms with van der Waals surface area (Å²) in [5, 5.41) is 0. The summed E-state index contributed by atoms with van der Waals surface area (Å²) in [5.41, 5.74) is 0. The number of phosphoric ester groups is 2. The lowest BCUT2D eigenvalue weighted by molar-refractivity contribution is 0.108. The summed E-state index contributed by atoms with van der Waals surface area (Å²) in [4.78, 5) is 0. The SMILES string of the molecule is CCCCCCOP(=O)(OCCCCCC)OCCCCCC.CCCCOP(=O)(OCCCC)OCCCC. The first-order valence-electron chi connectivity index (χ1n) is 16.4. The van der Waals surface area contributed by atoms with Gasteiger partial charge in [-0.05, 0) is 38.5 Å². The third kappa shape index (κ3) is 29.7. The van der Waals surface area contributed by atoms with Gasteiger partial charge in [-0.3, -0.25) is 27.1 Å². The maximum Gasteiger partial charge on any atom is 0.474 e. The summed E-state index contributed by atoms with van der Waals surface area (Å²) < 4.78 is 57.1. The molecule has 0 rings (SSSR count). The van der Waals surface area contributed by atoms with Gasteiger partial charge in [-0.15, -0.1) is 0 Å². The molecular weight excluding hydrogens is 550 g/mol. The van der Waals surface area contributed by atoms with Crippen LogP contribution >= 0.6 is 15.6 Å². The molecule has 0 atom stereocenters. The first-order valence-corrected chi connectivity index (χ1v) is 19.4. The summed E-state index contributed by atoms with van der Waals surface area (Å²) in [6, 6.07) is 0. The van der Waals surface area contributed by atoms with Gasteiger partial charge >= 0.3 is 15.6 Å². The molecule has 0 radical (unpaired) electrons. The number of unbranched alkanes of at least 4 members (excludes halogenated alkanes) is 12. The van der Waals surface area contributed by atoms with Crippen LogP contribution in [-0.2, 0) is 36.3 Å². The van der Waals surface area contributed by atoms with Gasteiger partial charge in [0.25, 0.3) is 0 Å². The summed E-state index contributed by atoms with van der Waals surface area (Å²) in [7, 11) is -6.67. The van der Waals surface area contributed by atoms with Gasteiger partial charge in [0, 0.05) is 0 Å². The van der Waals surface area contributed by atoms with E-state index in [9.17, 15) is 9.13 Å². The van der Waals surface area contributed by atoms with Crippen molar-refractivity contribution in [2.45, 2.75) is 157 Å². The topological polar surface area (TPSA) is 89.5 Å². The van der Waals surface area contributed by atoms with Crippen molar-refractivity contribution in [3.8, 4) is 0 Å². The average molecular weight is 617 g/mol. The van der Waals surface area contributed by atoms with Crippen LogP contribution in [0.4, 0.5) is 0 Å². The monoisotopic (exact) mass is 616 g/mol. The lowest BCUT2D eigenvalue weighted by Gasteiger charge is -2.18. The molecule has 0 bridgehead atoms. The number of hydrogen-bond donors (Lipinski definition) is 0. The van der Waals surface area contributed by atoms with E-state index in [1.807, 2.05) is 0 Å². The molecule has 0 heterocycles. The normalized spacial score (nSPS) is 11.9. The maximum atomic E-state index is 12.6. The van der Waals surface area contributed by atoms with Crippen LogP contribution in [0.2, 0.25) is 0 Å². The fourth-order valence-electron chi connectivity index (χ4n) is 3.30. The second-order valence-corrected chi connectivity index (χ2v) is 13.5. The highest BCUT2D eigenvalue weighted by Gasteiger charge is 2.26. The van der Waals surface area contributed by atoms with E-state index in [0.717, 1.165) is 77.0 Å². The van der Waals surface area contributed by atoms with E-state index in [4.69, 9.17) is 27.1 Å². The molecule has 0 N–H and O–H groups in total. The van der Waals surface area contributed by atoms with E-state index in [2.05, 4.69) is 41.5 Å². The molecule has 244 valence electrons. The molecular formula is C30H66O8P2. The van der Waals surface area contributed by atoms with Crippen molar-refractivity contribution in [3.63, 3.8) is 0 Å². The van der Waals surface area contributed by atoms with Gasteiger partial charge in [0.15, 0.2) is 0 Å². The molecule has 0 aliphatic carbocycles. The Balaban J connectivity index is 0. The minimum atomic E-state index is -3.37. The maximum absolute atomic E-state index is 12.6. The Morgan fingerprint density at radius 2 is 0.500 bits per heavy atom. The van der Waals surface area contributed by atoms with Crippen LogP contribution in [0.1, 0.15) is 157 Å². The van der Waals surface area contributed by atoms with Gasteiger partial charge in [-0.2, -0.15) is 0 Å². The zero-order valence-corrected chi connectivity index (χ0v) is 28.9. The second kappa shape index (κ2) is 32.1. The third-order valence-corrected chi connectivity index (χ3v) is 8.98. The van der Waals surface area contributed by atoms with Crippen LogP contribution in [0.3, 0.4) is 0 Å². The molecule has 0 saturated carbocycles. The van der Waals surface area contributed by atoms with Crippen molar-refractivity contribution in [1.82, 2.24) is 0 Å². The molecule has 0 aromatic rings. The number of phosphoric acid groups is 2. The van der Waals surface area contributed by atoms with Crippen molar-refractivity contribution in [2.24, 2.45) is 0 Å². The van der Waals surface area contributed by atoms with E-state index in [-0.39, 0.29) is 0 Å². The molecule has 0 amide bonds. The first-order chi connectivity index (χ1) is 19.4. The molecule has 0 aromatic carbocycles. The van der Waals surface area contributed by atoms with Crippen LogP contribution < -0.4 is 0 Å². The highest BCUT2D eigenvalue weighted by atomic mass is 31.2. The van der Waals surface area contributed by atoms with E-state index in [0.29, 0.717) is 39.6 Å². The average Bonchev–Trinajstić information content (AvgIpc) is 2.94. The Morgan fingerprint density at radius 1 is 0.300 bits per heavy atom. The van der Waals surface area contributed by atoms with Crippen molar-refractivity contribution in [1.29, 1.82) is 0 Å². The highest BCUT2D eigenvalue weighted by molar-refractivity contribution is 7.48. The van der Waals surface area contributed by atoms with Crippen LogP contribution in [-0.4, -0.2) is 39.6 Å². The molecule has 40 heavy (non-hydrogen) atoms. The van der Waals surface area contributed by atoms with Crippen LogP contribution in [0.5, 0.6) is 0 Å². The minimum Gasteiger partial charge on any atom is -0.287 e. The Labute approximate surface area is 248 Å². The van der Waals surface area contributed by atoms with Crippen molar-refractivity contribution in [3.05, 3.63) is 0 Å². The van der Waals surface area contributed by atoms with E-state index < -0.39 is 15.6 Å². The zero-order valence-electron chi connectivity index (χ0n) is 27.1. The standard InChI is InChI=1S/C18H39O4P.C12H27O4P/c1-4-7-10-13-16-20-23(19,21-17-14-11-8-5-2)22-18-15-12-9-6-3;1-4-7-10-14-17(13,15-11-8-5-2)16-12-9-6-3/h4-18H2,1-3H3;4-12H2,1-3H3. The Morgan fingerprint density at radius 3 is 0.700 bits per heavy atom. The summed E-state index contributed by atoms with van der Waals surface area (Å²) in [6.07, 6.45) is 18.8. The van der Waals surface area contributed by atoms with E-state index in [1.165, 1.54) is 38.5 Å².